The summed E-state index contributed by atoms with van der Waals surface area (Å²) in [7, 11) is 0. The Hall–Kier alpha value is -11.7. The van der Waals surface area contributed by atoms with E-state index in [0.29, 0.717) is 0 Å². The van der Waals surface area contributed by atoms with Crippen LogP contribution in [0.2, 0.25) is 0 Å². The number of hydrogen-bond donors (Lipinski definition) is 0. The van der Waals surface area contributed by atoms with Gasteiger partial charge in [0.1, 0.15) is 33.5 Å². The highest BCUT2D eigenvalue weighted by molar-refractivity contribution is 6.23. The number of fused-ring (bicyclic) bond motifs is 36. The molecule has 129 heavy (non-hydrogen) atoms. The zero-order chi connectivity index (χ0) is 87.1. The molecule has 646 valence electrons. The first-order valence-electron chi connectivity index (χ1n) is 50.1. The van der Waals surface area contributed by atoms with E-state index in [0.717, 1.165) is 87.1 Å². The lowest BCUT2D eigenvalue weighted by molar-refractivity contribution is 0.394. The Bertz CT molecular complexity index is 7210. The fourth-order valence-electron chi connectivity index (χ4n) is 26.6. The maximum atomic E-state index is 7.33. The van der Waals surface area contributed by atoms with Crippen LogP contribution in [0.4, 0.5) is 17.1 Å². The maximum Gasteiger partial charge on any atom is 0.144 e. The molecule has 23 rings (SSSR count). The fraction of sp³-hybridized carbons (Fsp3) is 0.328. The third-order valence-corrected chi connectivity index (χ3v) is 32.6. The fourth-order valence-corrected chi connectivity index (χ4v) is 26.6. The first-order valence-corrected chi connectivity index (χ1v) is 50.1. The largest absolute Gasteiger partial charge is 0.456 e. The Balaban J connectivity index is 0.791. The lowest BCUT2D eigenvalue weighted by atomic mass is 9.68. The molecule has 0 N–H and O–H groups in total. The molecule has 0 saturated heterocycles. The molecule has 4 heteroatoms. The SMILES string of the molecule is CCCCCCCCC1(CCCCCCCC)c2cc(N(c3ccc4c(c3)C(C)(C)c3c5c(c6oc7ccccc7c6c3-4)-c3ccccc3C5(C)C)c3ccc4c(c3)C3(c5ccccc5-c5ccccc53)c3cc(-c5ccccc5)c5oc6ccccc6c5c3-4)ccc2-c2cc3c(cc21)-c1c(ccc2oc4ccccc4c12)C3(CCCCCCCC)CCCCCCCC. The van der Waals surface area contributed by atoms with Crippen molar-refractivity contribution in [2.45, 2.75) is 262 Å². The third-order valence-electron chi connectivity index (χ3n) is 32.6. The molecule has 14 aromatic carbocycles. The van der Waals surface area contributed by atoms with E-state index in [1.807, 2.05) is 0 Å². The molecule has 0 radical (unpaired) electrons. The normalized spacial score (nSPS) is 15.2. The van der Waals surface area contributed by atoms with E-state index < -0.39 is 10.8 Å². The summed E-state index contributed by atoms with van der Waals surface area (Å²) < 4.78 is 21.7. The molecule has 3 aromatic heterocycles. The molecule has 0 amide bonds. The van der Waals surface area contributed by atoms with E-state index in [1.165, 1.54) is 304 Å². The Morgan fingerprint density at radius 1 is 0.233 bits per heavy atom. The van der Waals surface area contributed by atoms with Gasteiger partial charge in [0.2, 0.25) is 0 Å². The standard InChI is InChI=1S/C125H123NO3/c1-9-13-17-21-25-44-70-123(71-45-26-22-18-14-10-2)99-68-69-109-112(90-53-35-41-59-106(90)127-109)111(99)95-79-102-94(78-103(95)123)86-65-62-82(75-101(86)124(102,72-46-27-23-19-15-11-3)73-47-28-24-20-16-12-4)126(81-63-66-88-100(74-81)122(7,8)117-113(88)115-92-55-37-43-61-108(92)129-120(115)116-87-52-34-38-56-96(87)121(5,6)118(116)117)83-64-67-89-104(76-83)125(97-57-39-32-50-84(97)85-51-33-40-58-98(85)125)105-77-93(80-48-30-29-31-49-80)119-114(110(89)105)91-54-36-42-60-107(91)128-119/h29-43,48-69,74-79H,9-28,44-47,70-73H2,1-8H3. The topological polar surface area (TPSA) is 42.7 Å². The van der Waals surface area contributed by atoms with Gasteiger partial charge in [-0.2, -0.15) is 0 Å². The molecule has 1 spiro atoms. The number of hydrogen-bond acceptors (Lipinski definition) is 4. The minimum Gasteiger partial charge on any atom is -0.456 e. The summed E-state index contributed by atoms with van der Waals surface area (Å²) in [5, 5.41) is 7.27. The second-order valence-electron chi connectivity index (χ2n) is 40.6. The minimum atomic E-state index is -0.726. The Kier molecular flexibility index (Phi) is 20.6. The molecule has 6 aliphatic carbocycles. The zero-order valence-electron chi connectivity index (χ0n) is 77.3. The van der Waals surface area contributed by atoms with E-state index in [-0.39, 0.29) is 16.2 Å². The highest BCUT2D eigenvalue weighted by Crippen LogP contribution is 2.70. The monoisotopic (exact) mass is 1690 g/mol. The van der Waals surface area contributed by atoms with Gasteiger partial charge in [0, 0.05) is 82.2 Å². The molecule has 3 heterocycles. The average molecular weight is 1690 g/mol. The first-order chi connectivity index (χ1) is 63.4. The van der Waals surface area contributed by atoms with Crippen molar-refractivity contribution in [1.82, 2.24) is 0 Å². The van der Waals surface area contributed by atoms with Crippen molar-refractivity contribution in [3.8, 4) is 77.9 Å². The molecule has 0 bridgehead atoms. The molecule has 17 aromatic rings. The van der Waals surface area contributed by atoms with Crippen LogP contribution in [0.5, 0.6) is 0 Å². The van der Waals surface area contributed by atoms with Crippen LogP contribution in [-0.4, -0.2) is 0 Å². The molecule has 0 saturated carbocycles. The summed E-state index contributed by atoms with van der Waals surface area (Å²) >= 11 is 0. The van der Waals surface area contributed by atoms with E-state index in [9.17, 15) is 0 Å². The second kappa shape index (κ2) is 32.4. The molecule has 0 fully saturated rings. The van der Waals surface area contributed by atoms with Gasteiger partial charge >= 0.3 is 0 Å². The van der Waals surface area contributed by atoms with Gasteiger partial charge in [0.05, 0.1) is 5.41 Å². The van der Waals surface area contributed by atoms with E-state index in [2.05, 4.69) is 321 Å². The van der Waals surface area contributed by atoms with Gasteiger partial charge in [0.25, 0.3) is 0 Å². The lowest BCUT2D eigenvalue weighted by Crippen LogP contribution is -2.27. The summed E-state index contributed by atoms with van der Waals surface area (Å²) in [4.78, 5) is 2.75. The van der Waals surface area contributed by atoms with Crippen molar-refractivity contribution in [2.24, 2.45) is 0 Å². The number of unbranched alkanes of at least 4 members (excludes halogenated alkanes) is 20. The van der Waals surface area contributed by atoms with Crippen molar-refractivity contribution in [1.29, 1.82) is 0 Å². The Morgan fingerprint density at radius 2 is 0.612 bits per heavy atom. The maximum absolute atomic E-state index is 7.33. The average Bonchev–Trinajstić information content (AvgIpc) is 1.50. The molecular formula is C125H123NO3. The summed E-state index contributed by atoms with van der Waals surface area (Å²) in [5.41, 5.74) is 42.6. The summed E-state index contributed by atoms with van der Waals surface area (Å²) in [6, 6.07) is 103. The second-order valence-corrected chi connectivity index (χ2v) is 40.6. The van der Waals surface area contributed by atoms with Gasteiger partial charge in [-0.1, -0.05) is 391 Å². The highest BCUT2D eigenvalue weighted by Gasteiger charge is 2.56. The van der Waals surface area contributed by atoms with Gasteiger partial charge < -0.3 is 18.2 Å². The quantitative estimate of drug-likeness (QED) is 0.0394. The van der Waals surface area contributed by atoms with Crippen LogP contribution >= 0.6 is 0 Å². The third kappa shape index (κ3) is 12.4. The van der Waals surface area contributed by atoms with Crippen LogP contribution < -0.4 is 4.90 Å². The summed E-state index contributed by atoms with van der Waals surface area (Å²) in [6.45, 7) is 19.5. The van der Waals surface area contributed by atoms with E-state index >= 15 is 0 Å². The number of rotatable bonds is 32. The van der Waals surface area contributed by atoms with Crippen LogP contribution in [0.1, 0.15) is 302 Å². The van der Waals surface area contributed by atoms with E-state index in [1.54, 1.807) is 16.7 Å². The molecule has 4 nitrogen and oxygen atoms in total. The Morgan fingerprint density at radius 3 is 1.19 bits per heavy atom. The smallest absolute Gasteiger partial charge is 0.144 e. The Labute approximate surface area is 763 Å². The summed E-state index contributed by atoms with van der Waals surface area (Å²) in [5.74, 6) is 0. The zero-order valence-corrected chi connectivity index (χ0v) is 77.3. The molecule has 0 aliphatic heterocycles. The van der Waals surface area contributed by atoms with Crippen molar-refractivity contribution in [3.63, 3.8) is 0 Å². The lowest BCUT2D eigenvalue weighted by Gasteiger charge is -2.35. The minimum absolute atomic E-state index is 0.162. The van der Waals surface area contributed by atoms with E-state index in [4.69, 9.17) is 13.3 Å². The van der Waals surface area contributed by atoms with Gasteiger partial charge in [-0.05, 0) is 238 Å². The molecular weight excluding hydrogens is 1560 g/mol. The number of furan rings is 3. The predicted octanol–water partition coefficient (Wildman–Crippen LogP) is 37.0. The molecule has 6 aliphatic rings. The van der Waals surface area contributed by atoms with Crippen molar-refractivity contribution in [3.05, 3.63) is 328 Å². The van der Waals surface area contributed by atoms with Crippen LogP contribution in [0.15, 0.2) is 274 Å². The molecule has 0 unspecified atom stereocenters. The van der Waals surface area contributed by atoms with Crippen LogP contribution in [0.3, 0.4) is 0 Å². The van der Waals surface area contributed by atoms with Gasteiger partial charge in [-0.15, -0.1) is 0 Å². The van der Waals surface area contributed by atoms with Crippen LogP contribution in [-0.2, 0) is 27.1 Å². The van der Waals surface area contributed by atoms with Gasteiger partial charge in [0.15, 0.2) is 0 Å². The first kappa shape index (κ1) is 81.7. The number of nitrogens with zero attached hydrogens (tertiary/aromatic N) is 1. The number of anilines is 3. The predicted molar refractivity (Wildman–Crippen MR) is 544 cm³/mol. The molecule has 0 atom stereocenters. The highest BCUT2D eigenvalue weighted by atomic mass is 16.3. The van der Waals surface area contributed by atoms with Gasteiger partial charge in [-0.25, -0.2) is 0 Å². The van der Waals surface area contributed by atoms with Crippen LogP contribution in [0.25, 0.3) is 144 Å². The number of benzene rings is 14. The van der Waals surface area contributed by atoms with Crippen LogP contribution in [0, 0.1) is 0 Å². The number of para-hydroxylation sites is 3. The van der Waals surface area contributed by atoms with Crippen molar-refractivity contribution in [2.75, 3.05) is 4.90 Å². The summed E-state index contributed by atoms with van der Waals surface area (Å²) in [6.07, 6.45) is 34.7. The van der Waals surface area contributed by atoms with Gasteiger partial charge in [-0.3, -0.25) is 0 Å². The van der Waals surface area contributed by atoms with Crippen molar-refractivity contribution >= 4 is 82.9 Å². The van der Waals surface area contributed by atoms with Crippen molar-refractivity contribution < 1.29 is 13.3 Å².